The number of rotatable bonds is 5. The van der Waals surface area contributed by atoms with E-state index < -0.39 is 10.5 Å². The number of anilines is 2. The first-order valence-corrected chi connectivity index (χ1v) is 6.86. The molecular weight excluding hydrogens is 276 g/mol. The number of nitrogens with one attached hydrogen (secondary N) is 2. The number of nitrogens with two attached hydrogens (primary N) is 1. The van der Waals surface area contributed by atoms with Crippen molar-refractivity contribution < 1.29 is 10.0 Å². The van der Waals surface area contributed by atoms with Crippen molar-refractivity contribution in [3.63, 3.8) is 0 Å². The van der Waals surface area contributed by atoms with Gasteiger partial charge in [0.2, 0.25) is 11.6 Å². The molecule has 9 heteroatoms. The number of nitrogens with zero attached hydrogens (tertiary/aromatic N) is 3. The summed E-state index contributed by atoms with van der Waals surface area (Å²) in [7, 11) is 0. The fourth-order valence-corrected chi connectivity index (χ4v) is 2.96. The Balaban J connectivity index is 2.35. The number of aliphatic hydroxyl groups is 1. The third kappa shape index (κ3) is 3.19. The molecule has 0 bridgehead atoms. The van der Waals surface area contributed by atoms with Crippen LogP contribution in [-0.2, 0) is 0 Å². The van der Waals surface area contributed by atoms with E-state index in [0.29, 0.717) is 5.92 Å². The Morgan fingerprint density at radius 1 is 1.57 bits per heavy atom. The van der Waals surface area contributed by atoms with E-state index in [4.69, 9.17) is 5.84 Å². The van der Waals surface area contributed by atoms with Crippen LogP contribution in [0.1, 0.15) is 32.6 Å². The topological polar surface area (TPSA) is 139 Å². The number of hydrogen-bond acceptors (Lipinski definition) is 8. The van der Waals surface area contributed by atoms with Crippen molar-refractivity contribution in [1.82, 2.24) is 9.97 Å². The minimum Gasteiger partial charge on any atom is -0.394 e. The van der Waals surface area contributed by atoms with E-state index in [1.807, 2.05) is 0 Å². The SMILES string of the molecule is CC1CCCC(CO)(Nc2ncnc(NN)c2[N+](=O)[O-])C1. The first-order chi connectivity index (χ1) is 10.0. The summed E-state index contributed by atoms with van der Waals surface area (Å²) in [6.07, 6.45) is 4.71. The van der Waals surface area contributed by atoms with Crippen LogP contribution in [0.4, 0.5) is 17.3 Å². The summed E-state index contributed by atoms with van der Waals surface area (Å²) < 4.78 is 0. The maximum absolute atomic E-state index is 11.2. The van der Waals surface area contributed by atoms with Gasteiger partial charge >= 0.3 is 5.69 Å². The Morgan fingerprint density at radius 3 is 2.86 bits per heavy atom. The van der Waals surface area contributed by atoms with E-state index in [9.17, 15) is 15.2 Å². The summed E-state index contributed by atoms with van der Waals surface area (Å²) in [4.78, 5) is 18.3. The van der Waals surface area contributed by atoms with Crippen molar-refractivity contribution in [2.45, 2.75) is 38.1 Å². The van der Waals surface area contributed by atoms with Crippen molar-refractivity contribution in [2.75, 3.05) is 17.3 Å². The normalized spacial score (nSPS) is 25.4. The average molecular weight is 296 g/mol. The molecule has 1 heterocycles. The van der Waals surface area contributed by atoms with Crippen LogP contribution in [0.5, 0.6) is 0 Å². The maximum atomic E-state index is 11.2. The highest BCUT2D eigenvalue weighted by Crippen LogP contribution is 2.37. The predicted octanol–water partition coefficient (Wildman–Crippen LogP) is 1.02. The minimum absolute atomic E-state index is 0.0607. The van der Waals surface area contributed by atoms with Crippen LogP contribution in [0.2, 0.25) is 0 Å². The van der Waals surface area contributed by atoms with E-state index >= 15 is 0 Å². The third-order valence-electron chi connectivity index (χ3n) is 3.92. The molecule has 1 aromatic heterocycles. The van der Waals surface area contributed by atoms with E-state index in [1.165, 1.54) is 6.33 Å². The van der Waals surface area contributed by atoms with Crippen LogP contribution in [0.3, 0.4) is 0 Å². The molecule has 1 aromatic rings. The molecule has 1 fully saturated rings. The summed E-state index contributed by atoms with van der Waals surface area (Å²) >= 11 is 0. The molecule has 1 aliphatic carbocycles. The van der Waals surface area contributed by atoms with Crippen LogP contribution in [0, 0.1) is 16.0 Å². The molecule has 0 saturated heterocycles. The zero-order chi connectivity index (χ0) is 15.5. The molecule has 0 aliphatic heterocycles. The summed E-state index contributed by atoms with van der Waals surface area (Å²) in [5.74, 6) is 5.71. The Hall–Kier alpha value is -2.00. The minimum atomic E-state index is -0.595. The molecule has 2 rings (SSSR count). The lowest BCUT2D eigenvalue weighted by Gasteiger charge is -2.39. The van der Waals surface area contributed by atoms with E-state index in [1.54, 1.807) is 0 Å². The van der Waals surface area contributed by atoms with Gasteiger partial charge in [-0.2, -0.15) is 0 Å². The fraction of sp³-hybridized carbons (Fsp3) is 0.667. The number of aromatic nitrogens is 2. The van der Waals surface area contributed by atoms with Crippen LogP contribution in [0.25, 0.3) is 0 Å². The van der Waals surface area contributed by atoms with Gasteiger partial charge in [-0.15, -0.1) is 0 Å². The van der Waals surface area contributed by atoms with Gasteiger partial charge in [0.1, 0.15) is 6.33 Å². The highest BCUT2D eigenvalue weighted by atomic mass is 16.6. The predicted molar refractivity (Wildman–Crippen MR) is 77.6 cm³/mol. The van der Waals surface area contributed by atoms with Crippen molar-refractivity contribution in [1.29, 1.82) is 0 Å². The first kappa shape index (κ1) is 15.4. The Kier molecular flexibility index (Phi) is 4.53. The number of hydrogen-bond donors (Lipinski definition) is 4. The number of hydrazine groups is 1. The monoisotopic (exact) mass is 296 g/mol. The maximum Gasteiger partial charge on any atom is 0.354 e. The van der Waals surface area contributed by atoms with Gasteiger partial charge in [-0.1, -0.05) is 19.8 Å². The molecule has 0 radical (unpaired) electrons. The van der Waals surface area contributed by atoms with E-state index in [-0.39, 0.29) is 23.9 Å². The van der Waals surface area contributed by atoms with E-state index in [0.717, 1.165) is 25.7 Å². The summed E-state index contributed by atoms with van der Waals surface area (Å²) in [6.45, 7) is 2.00. The lowest BCUT2D eigenvalue weighted by atomic mass is 9.77. The smallest absolute Gasteiger partial charge is 0.354 e. The zero-order valence-corrected chi connectivity index (χ0v) is 11.9. The molecule has 5 N–H and O–H groups in total. The van der Waals surface area contributed by atoms with Crippen LogP contribution < -0.4 is 16.6 Å². The standard InChI is InChI=1S/C12H20N6O3/c1-8-3-2-4-12(5-8,6-19)16-10-9(18(20)21)11(17-13)15-7-14-10/h7-8,19H,2-6,13H2,1H3,(H2,14,15,16,17). The third-order valence-corrected chi connectivity index (χ3v) is 3.92. The molecule has 21 heavy (non-hydrogen) atoms. The van der Waals surface area contributed by atoms with Gasteiger partial charge < -0.3 is 15.8 Å². The molecule has 1 saturated carbocycles. The number of aliphatic hydroxyl groups excluding tert-OH is 1. The number of nitrogen functional groups attached to an aromatic ring is 1. The summed E-state index contributed by atoms with van der Waals surface area (Å²) in [5, 5.41) is 24.0. The van der Waals surface area contributed by atoms with Gasteiger partial charge in [-0.25, -0.2) is 15.8 Å². The number of nitro groups is 1. The van der Waals surface area contributed by atoms with Crippen LogP contribution in [-0.4, -0.2) is 32.1 Å². The van der Waals surface area contributed by atoms with E-state index in [2.05, 4.69) is 27.6 Å². The average Bonchev–Trinajstić information content (AvgIpc) is 2.46. The first-order valence-electron chi connectivity index (χ1n) is 6.86. The Bertz CT molecular complexity index is 526. The lowest BCUT2D eigenvalue weighted by molar-refractivity contribution is -0.383. The molecule has 1 aliphatic rings. The van der Waals surface area contributed by atoms with Gasteiger partial charge in [0.15, 0.2) is 0 Å². The summed E-state index contributed by atoms with van der Waals surface area (Å²) in [6, 6.07) is 0. The van der Waals surface area contributed by atoms with Gasteiger partial charge in [0.05, 0.1) is 17.1 Å². The molecule has 116 valence electrons. The lowest BCUT2D eigenvalue weighted by Crippen LogP contribution is -2.46. The quantitative estimate of drug-likeness (QED) is 0.359. The Morgan fingerprint density at radius 2 is 2.29 bits per heavy atom. The fourth-order valence-electron chi connectivity index (χ4n) is 2.96. The second-order valence-electron chi connectivity index (χ2n) is 5.59. The van der Waals surface area contributed by atoms with Gasteiger partial charge in [0.25, 0.3) is 0 Å². The molecule has 0 amide bonds. The van der Waals surface area contributed by atoms with Crippen LogP contribution >= 0.6 is 0 Å². The van der Waals surface area contributed by atoms with Crippen molar-refractivity contribution in [3.05, 3.63) is 16.4 Å². The zero-order valence-electron chi connectivity index (χ0n) is 11.9. The highest BCUT2D eigenvalue weighted by Gasteiger charge is 2.37. The molecule has 0 aromatic carbocycles. The molecule has 2 unspecified atom stereocenters. The molecule has 2 atom stereocenters. The highest BCUT2D eigenvalue weighted by molar-refractivity contribution is 5.69. The van der Waals surface area contributed by atoms with Crippen molar-refractivity contribution >= 4 is 17.3 Å². The van der Waals surface area contributed by atoms with Gasteiger partial charge in [-0.3, -0.25) is 10.1 Å². The van der Waals surface area contributed by atoms with Gasteiger partial charge in [0, 0.05) is 0 Å². The molecular formula is C12H20N6O3. The Labute approximate surface area is 122 Å². The molecule has 9 nitrogen and oxygen atoms in total. The summed E-state index contributed by atoms with van der Waals surface area (Å²) in [5.41, 5.74) is 1.29. The van der Waals surface area contributed by atoms with Crippen LogP contribution in [0.15, 0.2) is 6.33 Å². The molecule has 0 spiro atoms. The largest absolute Gasteiger partial charge is 0.394 e. The van der Waals surface area contributed by atoms with Crippen molar-refractivity contribution in [2.24, 2.45) is 11.8 Å². The second-order valence-corrected chi connectivity index (χ2v) is 5.59. The van der Waals surface area contributed by atoms with Gasteiger partial charge in [-0.05, 0) is 18.8 Å². The second kappa shape index (κ2) is 6.19. The van der Waals surface area contributed by atoms with Crippen molar-refractivity contribution in [3.8, 4) is 0 Å².